The molecule has 15 nitrogen and oxygen atoms in total. The lowest BCUT2D eigenvalue weighted by atomic mass is 9.78. The zero-order valence-corrected chi connectivity index (χ0v) is 39.5. The number of ketones is 3. The van der Waals surface area contributed by atoms with Gasteiger partial charge in [0.15, 0.2) is 13.2 Å². The molecule has 4 rings (SSSR count). The molecule has 3 heterocycles. The number of rotatable bonds is 10. The van der Waals surface area contributed by atoms with Crippen LogP contribution in [0.3, 0.4) is 0 Å². The number of carbonyl (C=O) groups is 5. The summed E-state index contributed by atoms with van der Waals surface area (Å²) in [5.74, 6) is -56.1. The Kier molecular flexibility index (Phi) is 6.98. The largest absolute Gasteiger partial charge is 0.460 e. The van der Waals surface area contributed by atoms with Crippen LogP contribution in [0, 0.1) is 41.3 Å². The minimum Gasteiger partial charge on any atom is -0.460 e. The summed E-state index contributed by atoms with van der Waals surface area (Å²) in [7, 11) is -10.6. The van der Waals surface area contributed by atoms with Crippen molar-refractivity contribution in [2.24, 2.45) is 41.3 Å². The number of ether oxygens (including phenoxy) is 5. The minimum atomic E-state index is -6.27. The second kappa shape index (κ2) is 26.7. The zero-order chi connectivity index (χ0) is 102. The van der Waals surface area contributed by atoms with Gasteiger partial charge in [0.25, 0.3) is 11.7 Å². The van der Waals surface area contributed by atoms with Gasteiger partial charge in [-0.2, -0.15) is 0 Å². The molecule has 4 aliphatic rings. The number of esters is 1. The maximum Gasteiger partial charge on any atom is 0.329 e. The Balaban J connectivity index is 2.73. The Morgan fingerprint density at radius 1 is 1.01 bits per heavy atom. The highest BCUT2D eigenvalue weighted by Crippen LogP contribution is 2.45. The van der Waals surface area contributed by atoms with Crippen molar-refractivity contribution < 1.29 is 141 Å². The zero-order valence-electron chi connectivity index (χ0n) is 94.6. The van der Waals surface area contributed by atoms with Gasteiger partial charge < -0.3 is 43.3 Å². The van der Waals surface area contributed by atoms with Gasteiger partial charge in [0.05, 0.1) is 47.6 Å². The second-order valence-electron chi connectivity index (χ2n) is 14.2. The summed E-state index contributed by atoms with van der Waals surface area (Å²) in [5.41, 5.74) is -4.87. The molecule has 2 N–H and O–H groups in total. The number of hydrogen-bond donors (Lipinski definition) is 2. The smallest absolute Gasteiger partial charge is 0.329 e. The van der Waals surface area contributed by atoms with Crippen LogP contribution >= 0.6 is 7.37 Å². The quantitative estimate of drug-likeness (QED) is 0.0923. The predicted octanol–water partition coefficient (Wildman–Crippen LogP) is 7.99. The highest BCUT2D eigenvalue weighted by Gasteiger charge is 2.53. The molecule has 1 amide bonds. The third kappa shape index (κ3) is 15.7. The van der Waals surface area contributed by atoms with Crippen LogP contribution in [0.1, 0.15) is 199 Å². The molecule has 1 saturated carbocycles. The molecule has 17 atom stereocenters. The number of allylic oxidation sites excluding steroid dienone is 6. The molecule has 16 heteroatoms. The van der Waals surface area contributed by atoms with Crippen molar-refractivity contribution in [3.8, 4) is 0 Å². The van der Waals surface area contributed by atoms with Crippen LogP contribution < -0.4 is 0 Å². The fraction of sp³-hybridized carbons (Fsp3) is 0.759. The van der Waals surface area contributed by atoms with Crippen LogP contribution in [0.4, 0.5) is 0 Å². The molecule has 0 aromatic heterocycles. The number of cyclic esters (lactones) is 1. The first kappa shape index (κ1) is 18.3. The average Bonchev–Trinajstić information content (AvgIpc) is 0.643. The van der Waals surface area contributed by atoms with Crippen molar-refractivity contribution >= 4 is 36.6 Å². The number of aliphatic hydroxyl groups is 2. The van der Waals surface area contributed by atoms with E-state index in [4.69, 9.17) is 62.0 Å². The highest BCUT2D eigenvalue weighted by atomic mass is 31.2. The molecule has 3 aliphatic heterocycles. The molecule has 2 bridgehead atoms. The molecule has 396 valence electrons. The number of nitrogens with zero attached hydrogens (tertiary/aromatic N) is 1. The molecule has 3 fully saturated rings. The Labute approximate surface area is 496 Å². The molecule has 1 aliphatic carbocycles. The van der Waals surface area contributed by atoms with Crippen molar-refractivity contribution in [2.45, 2.75) is 180 Å². The minimum absolute atomic E-state index is 0.00981. The first-order valence-corrected chi connectivity index (χ1v) is 21.6. The summed E-state index contributed by atoms with van der Waals surface area (Å²) >= 11 is 0. The second-order valence-corrected chi connectivity index (χ2v) is 16.1. The van der Waals surface area contributed by atoms with E-state index in [9.17, 15) is 42.9 Å². The van der Waals surface area contributed by atoms with E-state index in [1.807, 2.05) is 0 Å². The van der Waals surface area contributed by atoms with E-state index < -0.39 is 289 Å². The van der Waals surface area contributed by atoms with Gasteiger partial charge in [0.2, 0.25) is 8.65 Å². The maximum atomic E-state index is 16.3. The van der Waals surface area contributed by atoms with E-state index in [-0.39, 0.29) is 55.5 Å². The average molecular weight is 1060 g/mol. The Bertz CT molecular complexity index is 4600. The fourth-order valence-electron chi connectivity index (χ4n) is 5.29. The first-order chi connectivity index (χ1) is 54.5. The number of amides is 1. The third-order valence-corrected chi connectivity index (χ3v) is 9.71. The summed E-state index contributed by atoms with van der Waals surface area (Å²) in [5, 5.41) is 8.67. The van der Waals surface area contributed by atoms with E-state index in [0.717, 1.165) is 0 Å². The first-order valence-electron chi connectivity index (χ1n) is 47.4. The van der Waals surface area contributed by atoms with E-state index in [1.54, 1.807) is 0 Å². The van der Waals surface area contributed by atoms with Crippen LogP contribution in [0.5, 0.6) is 0 Å². The lowest BCUT2D eigenvalue weighted by Gasteiger charge is -2.42. The normalized spacial score (nSPS) is 78.4. The summed E-state index contributed by atoms with van der Waals surface area (Å²) in [6.07, 6.45) is -98.3. The number of methoxy groups -OCH3 is 3. The Morgan fingerprint density at radius 2 is 1.79 bits per heavy atom. The van der Waals surface area contributed by atoms with E-state index in [1.165, 1.54) is 0 Å². The maximum absolute atomic E-state index is 16.3. The summed E-state index contributed by atoms with van der Waals surface area (Å²) in [6, 6.07) is -20.0. The van der Waals surface area contributed by atoms with Crippen molar-refractivity contribution in [2.75, 3.05) is 41.0 Å². The van der Waals surface area contributed by atoms with Gasteiger partial charge in [-0.05, 0) is 106 Å². The van der Waals surface area contributed by atoms with Crippen LogP contribution in [-0.4, -0.2) is 143 Å². The number of piperidine rings is 1. The van der Waals surface area contributed by atoms with Crippen molar-refractivity contribution in [3.63, 3.8) is 0 Å². The monoisotopic (exact) mass is 1060 g/mol. The number of hydrogen-bond acceptors (Lipinski definition) is 14. The van der Waals surface area contributed by atoms with Crippen molar-refractivity contribution in [3.05, 3.63) is 47.5 Å². The molecule has 70 heavy (non-hydrogen) atoms. The number of fused-ring (bicyclic) bond motifs is 3. The van der Waals surface area contributed by atoms with Gasteiger partial charge in [0, 0.05) is 122 Å². The van der Waals surface area contributed by atoms with E-state index >= 15 is 24.0 Å². The number of carbonyl (C=O) groups excluding carboxylic acids is 5. The van der Waals surface area contributed by atoms with Crippen LogP contribution in [0.15, 0.2) is 47.5 Å². The Morgan fingerprint density at radius 3 is 2.46 bits per heavy atom. The molecular formula is C54H86NO14P. The fourth-order valence-corrected chi connectivity index (χ4v) is 5.77. The molecule has 0 aromatic carbocycles. The summed E-state index contributed by atoms with van der Waals surface area (Å²) in [4.78, 5) is 77.4. The van der Waals surface area contributed by atoms with Crippen LogP contribution in [0.25, 0.3) is 0 Å². The lowest BCUT2D eigenvalue weighted by molar-refractivity contribution is -0.265. The topological polar surface area (TPSA) is 201 Å². The molecule has 0 radical (unpaired) electrons. The van der Waals surface area contributed by atoms with Gasteiger partial charge >= 0.3 is 5.97 Å². The molecule has 0 spiro atoms. The molecular weight excluding hydrogens is 918 g/mol. The number of Topliss-reactive ketones (excluding diaryl/α,β-unsaturated/α-hetero) is 3. The SMILES string of the molecule is [2H]O[C@@]12O[C@@]([2H])(C([2H])([2H])C([2H])([2H])[C@@]1([2H])C)C([2H])([2H])[C@]([2H])(OC([2H])([2H])[2H])/C(C([2H])([2H])[2H])=C([2H])/C([2H])=C([2H])/C([2H])=C(\[2H])[C@@]([2H])(C)C([2H])(C)[C@@]([2H])(C)C(=O)[C@]([2H])(OC)[C@]([2H])(O[2H])/C(C)=C(\[2H])[C@@]([2H])(C)C(=O)C([2H])([2H])[C@@]([2H])([C@]([2H])(C)C([2H])([2H])[C@]1([2H])C([2H])([2H])C([2H])([2H])[C@@]([2H])(OP(C)(=O)C([2H])([2H])[2H])[C@]([2H])(OC)C1([2H])[2H])OC(=O)[C@@]1([2H])N(C(=O)C2=O)C([2H])([2H])C([2H])([2H])C([2H])([2H])C1([2H])[2H]. The van der Waals surface area contributed by atoms with Crippen LogP contribution in [0.2, 0.25) is 0 Å². The van der Waals surface area contributed by atoms with Crippen molar-refractivity contribution in [1.82, 2.24) is 4.90 Å². The van der Waals surface area contributed by atoms with Gasteiger partial charge in [-0.1, -0.05) is 77.9 Å². The van der Waals surface area contributed by atoms with Gasteiger partial charge in [-0.15, -0.1) is 0 Å². The van der Waals surface area contributed by atoms with Gasteiger partial charge in [-0.3, -0.25) is 23.7 Å². The predicted molar refractivity (Wildman–Crippen MR) is 268 cm³/mol. The molecule has 2 saturated heterocycles. The van der Waals surface area contributed by atoms with Gasteiger partial charge in [-0.25, -0.2) is 4.79 Å². The lowest BCUT2D eigenvalue weighted by Crippen LogP contribution is -2.61. The summed E-state index contributed by atoms with van der Waals surface area (Å²) in [6.45, 7) is -15.0. The highest BCUT2D eigenvalue weighted by molar-refractivity contribution is 7.57. The van der Waals surface area contributed by atoms with E-state index in [2.05, 4.69) is 15.0 Å². The van der Waals surface area contributed by atoms with Crippen LogP contribution in [-0.2, 0) is 56.7 Å². The van der Waals surface area contributed by atoms with Gasteiger partial charge in [0.1, 0.15) is 30.0 Å². The van der Waals surface area contributed by atoms with Crippen molar-refractivity contribution in [1.29, 1.82) is 2.86 Å². The molecule has 2 unspecified atom stereocenters. The standard InChI is InChI=1S/C54H86NO14P/c1-32-19-15-14-16-20-33(2)45(64-9)30-41-24-22-37(6)54(62,68-41)51(59)52(60)55-26-18-17-21-42(55)53(61)67-46(35(4)28-40-23-25-44(47(29-40)65-10)69-70(12,13)63)31-43(56)34(3)27-36(5)48(57)50(66-11)49(58)39(8)38(32)7/h14-16,19-20,27,32,34-35,37-42,44-48,50,57,62H,17-18,21-26,28-31H2,1-13H3/b16-14+,19-15+,33-20+,36-27+/t32-,34-,35-,37-,38?,39-,40+,41+,42+,44-,45+,46+,47-,48-,50-,54-/m1/s1/i2D3,9D3,12D3,14D,15D,16D,17D2,18D2,19D,20D,21D2,22D2,23D2,24D2,25D2,26D2,27D,28D2,29D2,30D2,31D2,32D,34D,35D,37D,38D,39D,40D,41D,42D,44D,45D,46D,47D,48D,50D,57D,62D/t32-,34-,35-,37-,38?,39-,40+,41+,42+,44-,45+,46+,47-,48-,50-,54-,70?. The van der Waals surface area contributed by atoms with E-state index in [0.29, 0.717) is 6.92 Å². The summed E-state index contributed by atoms with van der Waals surface area (Å²) < 4.78 is 552. The Hall–Kier alpha value is -3.14. The molecule has 0 aromatic rings. The third-order valence-electron chi connectivity index (χ3n) is 9.17.